The molecule has 1 aliphatic rings. The number of hydrogen-bond donors (Lipinski definition) is 2. The Kier molecular flexibility index (Phi) is 7.96. The van der Waals surface area contributed by atoms with E-state index in [9.17, 15) is 0 Å². The van der Waals surface area contributed by atoms with Crippen molar-refractivity contribution in [2.45, 2.75) is 64.8 Å². The van der Waals surface area contributed by atoms with Crippen LogP contribution in [0, 0.1) is 11.3 Å². The Balaban J connectivity index is 2.21. The minimum atomic E-state index is 0.271. The second kappa shape index (κ2) is 8.93. The van der Waals surface area contributed by atoms with Gasteiger partial charge < -0.3 is 15.8 Å². The van der Waals surface area contributed by atoms with Gasteiger partial charge in [0, 0.05) is 32.8 Å². The van der Waals surface area contributed by atoms with Gasteiger partial charge in [0.15, 0.2) is 0 Å². The molecule has 1 saturated carbocycles. The highest BCUT2D eigenvalue weighted by atomic mass is 16.5. The summed E-state index contributed by atoms with van der Waals surface area (Å²) in [4.78, 5) is 0. The fraction of sp³-hybridized carbons (Fsp3) is 1.00. The lowest BCUT2D eigenvalue weighted by Gasteiger charge is -2.32. The van der Waals surface area contributed by atoms with Gasteiger partial charge in [0.1, 0.15) is 0 Å². The van der Waals surface area contributed by atoms with Crippen LogP contribution in [-0.2, 0) is 4.74 Å². The zero-order valence-corrected chi connectivity index (χ0v) is 13.2. The van der Waals surface area contributed by atoms with E-state index in [1.54, 1.807) is 7.11 Å². The number of methoxy groups -OCH3 is 1. The smallest absolute Gasteiger partial charge is 0.0462 e. The summed E-state index contributed by atoms with van der Waals surface area (Å²) in [5, 5.41) is 3.63. The van der Waals surface area contributed by atoms with Crippen LogP contribution in [0.5, 0.6) is 0 Å². The minimum Gasteiger partial charge on any atom is -0.385 e. The van der Waals surface area contributed by atoms with E-state index in [-0.39, 0.29) is 6.04 Å². The molecule has 1 unspecified atom stereocenters. The Morgan fingerprint density at radius 2 is 1.95 bits per heavy atom. The van der Waals surface area contributed by atoms with E-state index in [4.69, 9.17) is 10.5 Å². The van der Waals surface area contributed by atoms with E-state index >= 15 is 0 Å². The maximum Gasteiger partial charge on any atom is 0.0462 e. The summed E-state index contributed by atoms with van der Waals surface area (Å²) in [6, 6.07) is 0.271. The molecule has 1 atom stereocenters. The van der Waals surface area contributed by atoms with Crippen LogP contribution in [0.3, 0.4) is 0 Å². The summed E-state index contributed by atoms with van der Waals surface area (Å²) in [5.74, 6) is 0.801. The molecular weight excluding hydrogens is 236 g/mol. The molecule has 1 rings (SSSR count). The Labute approximate surface area is 119 Å². The molecule has 0 heterocycles. The highest BCUT2D eigenvalue weighted by Crippen LogP contribution is 2.42. The third kappa shape index (κ3) is 6.73. The van der Waals surface area contributed by atoms with Crippen LogP contribution in [0.25, 0.3) is 0 Å². The molecule has 114 valence electrons. The molecule has 0 bridgehead atoms. The number of nitrogens with one attached hydrogen (secondary N) is 1. The zero-order chi connectivity index (χ0) is 14.1. The first-order chi connectivity index (χ1) is 9.08. The van der Waals surface area contributed by atoms with E-state index in [0.717, 1.165) is 38.5 Å². The van der Waals surface area contributed by atoms with Gasteiger partial charge in [-0.05, 0) is 43.4 Å². The van der Waals surface area contributed by atoms with Crippen molar-refractivity contribution in [1.29, 1.82) is 0 Å². The molecule has 3 N–H and O–H groups in total. The van der Waals surface area contributed by atoms with Crippen molar-refractivity contribution in [1.82, 2.24) is 5.32 Å². The molecule has 1 fully saturated rings. The maximum atomic E-state index is 6.13. The van der Waals surface area contributed by atoms with Gasteiger partial charge in [0.05, 0.1) is 0 Å². The molecule has 0 aliphatic heterocycles. The largest absolute Gasteiger partial charge is 0.385 e. The molecular formula is C16H34N2O. The van der Waals surface area contributed by atoms with Crippen LogP contribution in [0.4, 0.5) is 0 Å². The lowest BCUT2D eigenvalue weighted by atomic mass is 9.78. The van der Waals surface area contributed by atoms with Crippen molar-refractivity contribution >= 4 is 0 Å². The molecule has 0 aromatic carbocycles. The fourth-order valence-electron chi connectivity index (χ4n) is 3.56. The van der Waals surface area contributed by atoms with E-state index in [2.05, 4.69) is 19.2 Å². The lowest BCUT2D eigenvalue weighted by molar-refractivity contribution is 0.189. The van der Waals surface area contributed by atoms with Gasteiger partial charge in [-0.3, -0.25) is 0 Å². The highest BCUT2D eigenvalue weighted by Gasteiger charge is 2.33. The van der Waals surface area contributed by atoms with Gasteiger partial charge in [-0.15, -0.1) is 0 Å². The molecule has 0 amide bonds. The second-order valence-electron chi connectivity index (χ2n) is 6.83. The van der Waals surface area contributed by atoms with Crippen molar-refractivity contribution in [3.8, 4) is 0 Å². The summed E-state index contributed by atoms with van der Waals surface area (Å²) < 4.78 is 5.06. The van der Waals surface area contributed by atoms with Gasteiger partial charge >= 0.3 is 0 Å². The van der Waals surface area contributed by atoms with Crippen molar-refractivity contribution in [2.24, 2.45) is 17.1 Å². The average molecular weight is 270 g/mol. The predicted molar refractivity (Wildman–Crippen MR) is 82.3 cm³/mol. The first-order valence-corrected chi connectivity index (χ1v) is 8.03. The third-order valence-electron chi connectivity index (χ3n) is 4.34. The third-order valence-corrected chi connectivity index (χ3v) is 4.34. The van der Waals surface area contributed by atoms with Gasteiger partial charge in [-0.2, -0.15) is 0 Å². The maximum absolute atomic E-state index is 6.13. The van der Waals surface area contributed by atoms with E-state index in [1.165, 1.54) is 32.1 Å². The van der Waals surface area contributed by atoms with Gasteiger partial charge in [-0.25, -0.2) is 0 Å². The number of hydrogen-bond acceptors (Lipinski definition) is 3. The summed E-state index contributed by atoms with van der Waals surface area (Å²) >= 11 is 0. The van der Waals surface area contributed by atoms with Crippen molar-refractivity contribution in [3.05, 3.63) is 0 Å². The standard InChI is InChI=1S/C16H34N2O/c1-14(2)11-16(8-4-5-9-16)13-18-12-15(17)7-6-10-19-3/h14-15,18H,4-13,17H2,1-3H3. The SMILES string of the molecule is COCCCC(N)CNCC1(CC(C)C)CCCC1. The fourth-order valence-corrected chi connectivity index (χ4v) is 3.56. The monoisotopic (exact) mass is 270 g/mol. The Bertz CT molecular complexity index is 225. The average Bonchev–Trinajstić information content (AvgIpc) is 2.77. The summed E-state index contributed by atoms with van der Waals surface area (Å²) in [6.07, 6.45) is 9.10. The summed E-state index contributed by atoms with van der Waals surface area (Å²) in [5.41, 5.74) is 6.68. The zero-order valence-electron chi connectivity index (χ0n) is 13.2. The summed E-state index contributed by atoms with van der Waals surface area (Å²) in [6.45, 7) is 7.62. The van der Waals surface area contributed by atoms with Gasteiger partial charge in [-0.1, -0.05) is 26.7 Å². The molecule has 0 aromatic heterocycles. The molecule has 3 nitrogen and oxygen atoms in total. The number of rotatable bonds is 10. The first-order valence-electron chi connectivity index (χ1n) is 8.03. The van der Waals surface area contributed by atoms with Gasteiger partial charge in [0.25, 0.3) is 0 Å². The van der Waals surface area contributed by atoms with E-state index in [1.807, 2.05) is 0 Å². The van der Waals surface area contributed by atoms with Crippen molar-refractivity contribution < 1.29 is 4.74 Å². The van der Waals surface area contributed by atoms with Crippen LogP contribution in [0.1, 0.15) is 58.8 Å². The van der Waals surface area contributed by atoms with Crippen molar-refractivity contribution in [3.63, 3.8) is 0 Å². The highest BCUT2D eigenvalue weighted by molar-refractivity contribution is 4.87. The molecule has 1 aliphatic carbocycles. The first kappa shape index (κ1) is 16.9. The molecule has 0 aromatic rings. The molecule has 0 saturated heterocycles. The summed E-state index contributed by atoms with van der Waals surface area (Å²) in [7, 11) is 1.75. The van der Waals surface area contributed by atoms with Crippen LogP contribution in [0.2, 0.25) is 0 Å². The molecule has 0 radical (unpaired) electrons. The van der Waals surface area contributed by atoms with Gasteiger partial charge in [0.2, 0.25) is 0 Å². The lowest BCUT2D eigenvalue weighted by Crippen LogP contribution is -2.40. The quantitative estimate of drug-likeness (QED) is 0.600. The van der Waals surface area contributed by atoms with E-state index < -0.39 is 0 Å². The Morgan fingerprint density at radius 3 is 2.53 bits per heavy atom. The van der Waals surface area contributed by atoms with Crippen LogP contribution in [0.15, 0.2) is 0 Å². The van der Waals surface area contributed by atoms with Crippen LogP contribution in [-0.4, -0.2) is 32.8 Å². The van der Waals surface area contributed by atoms with E-state index in [0.29, 0.717) is 5.41 Å². The molecule has 3 heteroatoms. The molecule has 0 spiro atoms. The number of ether oxygens (including phenoxy) is 1. The normalized spacial score (nSPS) is 20.1. The minimum absolute atomic E-state index is 0.271. The van der Waals surface area contributed by atoms with Crippen molar-refractivity contribution in [2.75, 3.05) is 26.8 Å². The Morgan fingerprint density at radius 1 is 1.26 bits per heavy atom. The number of nitrogens with two attached hydrogens (primary N) is 1. The second-order valence-corrected chi connectivity index (χ2v) is 6.83. The van der Waals surface area contributed by atoms with Crippen LogP contribution >= 0.6 is 0 Å². The topological polar surface area (TPSA) is 47.3 Å². The van der Waals surface area contributed by atoms with Crippen LogP contribution < -0.4 is 11.1 Å². The Hall–Kier alpha value is -0.120. The predicted octanol–water partition coefficient (Wildman–Crippen LogP) is 2.94. The molecule has 19 heavy (non-hydrogen) atoms.